The summed E-state index contributed by atoms with van der Waals surface area (Å²) in [6, 6.07) is 22.7. The normalized spacial score (nSPS) is 19.7. The van der Waals surface area contributed by atoms with Crippen LogP contribution in [0.25, 0.3) is 0 Å². The number of amidine groups is 1. The molecule has 5 nitrogen and oxygen atoms in total. The summed E-state index contributed by atoms with van der Waals surface area (Å²) in [6.07, 6.45) is 3.09. The molecule has 7 heteroatoms. The van der Waals surface area contributed by atoms with Gasteiger partial charge in [0, 0.05) is 40.9 Å². The second-order valence-corrected chi connectivity index (χ2v) is 9.81. The van der Waals surface area contributed by atoms with Gasteiger partial charge in [-0.1, -0.05) is 54.4 Å². The second kappa shape index (κ2) is 10.3. The molecular weight excluding hydrogens is 479 g/mol. The van der Waals surface area contributed by atoms with E-state index in [0.717, 1.165) is 35.7 Å². The number of carbonyl (C=O) groups excluding carboxylic acids is 1. The molecule has 2 aliphatic heterocycles. The number of urea groups is 1. The number of halogens is 2. The highest BCUT2D eigenvalue weighted by Gasteiger charge is 2.41. The minimum Gasteiger partial charge on any atom is -0.372 e. The molecule has 3 aromatic rings. The molecule has 5 rings (SSSR count). The number of hydrogen-bond acceptors (Lipinski definition) is 3. The third kappa shape index (κ3) is 5.02. The van der Waals surface area contributed by atoms with Crippen LogP contribution in [0.5, 0.6) is 0 Å². The summed E-state index contributed by atoms with van der Waals surface area (Å²) in [5.41, 5.74) is 3.93. The van der Waals surface area contributed by atoms with Crippen molar-refractivity contribution in [2.45, 2.75) is 38.3 Å². The molecule has 1 saturated heterocycles. The van der Waals surface area contributed by atoms with Crippen molar-refractivity contribution in [3.8, 4) is 0 Å². The zero-order valence-corrected chi connectivity index (χ0v) is 21.1. The van der Waals surface area contributed by atoms with Gasteiger partial charge in [0.2, 0.25) is 0 Å². The van der Waals surface area contributed by atoms with Gasteiger partial charge in [-0.2, -0.15) is 0 Å². The van der Waals surface area contributed by atoms with Crippen LogP contribution in [0.4, 0.5) is 16.2 Å². The first-order valence-corrected chi connectivity index (χ1v) is 12.8. The van der Waals surface area contributed by atoms with E-state index in [2.05, 4.69) is 22.3 Å². The van der Waals surface area contributed by atoms with Gasteiger partial charge in [-0.25, -0.2) is 4.79 Å². The Labute approximate surface area is 216 Å². The fourth-order valence-electron chi connectivity index (χ4n) is 4.92. The number of hydrogen-bond donors (Lipinski definition) is 1. The van der Waals surface area contributed by atoms with Crippen molar-refractivity contribution in [2.75, 3.05) is 23.3 Å². The van der Waals surface area contributed by atoms with E-state index in [1.807, 2.05) is 67.6 Å². The Hall–Kier alpha value is -3.02. The summed E-state index contributed by atoms with van der Waals surface area (Å²) in [4.78, 5) is 22.8. The molecule has 0 bridgehead atoms. The van der Waals surface area contributed by atoms with Crippen LogP contribution in [0.15, 0.2) is 77.8 Å². The molecule has 1 N–H and O–H groups in total. The SMILES string of the molecule is CCC1=NC(c2ccc(Cl)cc2)C(c2ccc(Cl)cc2)N1C(=O)Nc1ccc(N2CCCC2)cc1. The highest BCUT2D eigenvalue weighted by atomic mass is 35.5. The predicted octanol–water partition coefficient (Wildman–Crippen LogP) is 7.73. The third-order valence-corrected chi connectivity index (χ3v) is 7.20. The van der Waals surface area contributed by atoms with Crippen LogP contribution in [-0.4, -0.2) is 29.9 Å². The van der Waals surface area contributed by atoms with Gasteiger partial charge in [-0.3, -0.25) is 9.89 Å². The van der Waals surface area contributed by atoms with Crippen LogP contribution in [0, 0.1) is 0 Å². The van der Waals surface area contributed by atoms with Crippen LogP contribution < -0.4 is 10.2 Å². The summed E-state index contributed by atoms with van der Waals surface area (Å²) < 4.78 is 0. The van der Waals surface area contributed by atoms with E-state index in [1.54, 1.807) is 4.90 Å². The number of carbonyl (C=O) groups is 1. The molecule has 0 radical (unpaired) electrons. The second-order valence-electron chi connectivity index (χ2n) is 8.93. The van der Waals surface area contributed by atoms with Crippen molar-refractivity contribution in [3.63, 3.8) is 0 Å². The Kier molecular flexibility index (Phi) is 6.98. The topological polar surface area (TPSA) is 47.9 Å². The predicted molar refractivity (Wildman–Crippen MR) is 145 cm³/mol. The van der Waals surface area contributed by atoms with Crippen LogP contribution >= 0.6 is 23.2 Å². The first-order valence-electron chi connectivity index (χ1n) is 12.1. The highest BCUT2D eigenvalue weighted by Crippen LogP contribution is 2.43. The Balaban J connectivity index is 1.44. The van der Waals surface area contributed by atoms with Gasteiger partial charge >= 0.3 is 6.03 Å². The summed E-state index contributed by atoms with van der Waals surface area (Å²) in [5, 5.41) is 4.42. The standard InChI is InChI=1S/C28H28Cl2N4O/c1-2-25-32-26(19-5-9-21(29)10-6-19)27(20-7-11-22(30)12-8-20)34(25)28(35)31-23-13-15-24(16-14-23)33-17-3-4-18-33/h5-16,26-27H,2-4,17-18H2,1H3,(H,31,35). The van der Waals surface area contributed by atoms with E-state index < -0.39 is 0 Å². The van der Waals surface area contributed by atoms with Gasteiger partial charge < -0.3 is 10.2 Å². The smallest absolute Gasteiger partial charge is 0.327 e. The fourth-order valence-corrected chi connectivity index (χ4v) is 5.17. The van der Waals surface area contributed by atoms with E-state index in [0.29, 0.717) is 16.5 Å². The van der Waals surface area contributed by atoms with Crippen molar-refractivity contribution in [2.24, 2.45) is 4.99 Å². The van der Waals surface area contributed by atoms with Gasteiger partial charge in [0.05, 0.1) is 6.04 Å². The number of benzene rings is 3. The Morgan fingerprint density at radius 1 is 0.886 bits per heavy atom. The molecule has 180 valence electrons. The zero-order valence-electron chi connectivity index (χ0n) is 19.6. The number of nitrogens with zero attached hydrogens (tertiary/aromatic N) is 3. The monoisotopic (exact) mass is 506 g/mol. The lowest BCUT2D eigenvalue weighted by atomic mass is 9.94. The maximum atomic E-state index is 13.7. The van der Waals surface area contributed by atoms with Crippen LogP contribution in [-0.2, 0) is 0 Å². The quantitative estimate of drug-likeness (QED) is 0.384. The number of rotatable bonds is 5. The first-order chi connectivity index (χ1) is 17.0. The first kappa shape index (κ1) is 23.7. The highest BCUT2D eigenvalue weighted by molar-refractivity contribution is 6.30. The molecule has 0 saturated carbocycles. The van der Waals surface area contributed by atoms with Crippen molar-refractivity contribution >= 4 is 46.4 Å². The molecule has 0 aliphatic carbocycles. The lowest BCUT2D eigenvalue weighted by Crippen LogP contribution is -2.40. The molecule has 0 spiro atoms. The van der Waals surface area contributed by atoms with Gasteiger partial charge in [0.25, 0.3) is 0 Å². The van der Waals surface area contributed by atoms with E-state index in [9.17, 15) is 4.79 Å². The minimum atomic E-state index is -0.299. The Morgan fingerprint density at radius 3 is 2.03 bits per heavy atom. The van der Waals surface area contributed by atoms with Gasteiger partial charge in [0.15, 0.2) is 0 Å². The summed E-state index contributed by atoms with van der Waals surface area (Å²) in [6.45, 7) is 4.20. The molecule has 2 unspecified atom stereocenters. The van der Waals surface area contributed by atoms with E-state index in [4.69, 9.17) is 28.2 Å². The minimum absolute atomic E-state index is 0.198. The average molecular weight is 507 g/mol. The van der Waals surface area contributed by atoms with Crippen molar-refractivity contribution in [3.05, 3.63) is 94.0 Å². The summed E-state index contributed by atoms with van der Waals surface area (Å²) in [7, 11) is 0. The zero-order chi connectivity index (χ0) is 24.4. The van der Waals surface area contributed by atoms with Gasteiger partial charge in [-0.05, 0) is 72.5 Å². The molecule has 0 aromatic heterocycles. The molecule has 2 aliphatic rings. The van der Waals surface area contributed by atoms with Crippen LogP contribution in [0.3, 0.4) is 0 Å². The maximum absolute atomic E-state index is 13.7. The molecule has 1 fully saturated rings. The van der Waals surface area contributed by atoms with Gasteiger partial charge in [0.1, 0.15) is 11.9 Å². The van der Waals surface area contributed by atoms with Crippen LogP contribution in [0.2, 0.25) is 10.0 Å². The average Bonchev–Trinajstić information content (AvgIpc) is 3.54. The summed E-state index contributed by atoms with van der Waals surface area (Å²) in [5.74, 6) is 0.746. The molecule has 3 aromatic carbocycles. The molecule has 2 heterocycles. The summed E-state index contributed by atoms with van der Waals surface area (Å²) >= 11 is 12.3. The lowest BCUT2D eigenvalue weighted by molar-refractivity contribution is 0.221. The van der Waals surface area contributed by atoms with E-state index in [1.165, 1.54) is 18.5 Å². The van der Waals surface area contributed by atoms with Gasteiger partial charge in [-0.15, -0.1) is 0 Å². The van der Waals surface area contributed by atoms with E-state index in [-0.39, 0.29) is 18.1 Å². The Bertz CT molecular complexity index is 1200. The van der Waals surface area contributed by atoms with Crippen LogP contribution in [0.1, 0.15) is 49.4 Å². The third-order valence-electron chi connectivity index (χ3n) is 6.69. The van der Waals surface area contributed by atoms with Crippen molar-refractivity contribution < 1.29 is 4.79 Å². The number of aliphatic imine (C=N–C) groups is 1. The molecule has 2 atom stereocenters. The van der Waals surface area contributed by atoms with E-state index >= 15 is 0 Å². The van der Waals surface area contributed by atoms with Crippen molar-refractivity contribution in [1.29, 1.82) is 0 Å². The number of amides is 2. The molecular formula is C28H28Cl2N4O. The number of anilines is 2. The maximum Gasteiger partial charge on any atom is 0.327 e. The Morgan fingerprint density at radius 2 is 1.46 bits per heavy atom. The number of nitrogens with one attached hydrogen (secondary N) is 1. The fraction of sp³-hybridized carbons (Fsp3) is 0.286. The lowest BCUT2D eigenvalue weighted by Gasteiger charge is -2.29. The largest absolute Gasteiger partial charge is 0.372 e. The van der Waals surface area contributed by atoms with Crippen molar-refractivity contribution in [1.82, 2.24) is 4.90 Å². The molecule has 2 amide bonds. The molecule has 35 heavy (non-hydrogen) atoms.